The van der Waals surface area contributed by atoms with E-state index < -0.39 is 5.56 Å². The third-order valence-electron chi connectivity index (χ3n) is 5.95. The zero-order chi connectivity index (χ0) is 21.5. The number of fused-ring (bicyclic) bond motifs is 1. The van der Waals surface area contributed by atoms with Crippen molar-refractivity contribution in [1.29, 1.82) is 5.26 Å². The first kappa shape index (κ1) is 19.1. The second kappa shape index (κ2) is 7.40. The SMILES string of the molecule is CC(c1ccc(F)cc1)n1nc(C#N)c2c(=O)[nH]c([C@@H]3CC[C@H]3c3ncccn3)nc21. The molecule has 31 heavy (non-hydrogen) atoms. The molecule has 1 aromatic carbocycles. The van der Waals surface area contributed by atoms with Crippen molar-refractivity contribution in [3.8, 4) is 6.07 Å². The molecule has 3 aromatic heterocycles. The minimum Gasteiger partial charge on any atom is -0.310 e. The summed E-state index contributed by atoms with van der Waals surface area (Å²) in [5, 5.41) is 14.0. The molecule has 3 atom stereocenters. The lowest BCUT2D eigenvalue weighted by atomic mass is 9.72. The van der Waals surface area contributed by atoms with E-state index in [-0.39, 0.29) is 34.8 Å². The molecule has 3 heterocycles. The van der Waals surface area contributed by atoms with Crippen molar-refractivity contribution in [2.75, 3.05) is 0 Å². The van der Waals surface area contributed by atoms with E-state index in [0.717, 1.165) is 24.2 Å². The van der Waals surface area contributed by atoms with Crippen LogP contribution in [0.2, 0.25) is 0 Å². The third-order valence-corrected chi connectivity index (χ3v) is 5.95. The summed E-state index contributed by atoms with van der Waals surface area (Å²) >= 11 is 0. The Bertz CT molecular complexity index is 1360. The summed E-state index contributed by atoms with van der Waals surface area (Å²) in [6, 6.07) is 9.45. The summed E-state index contributed by atoms with van der Waals surface area (Å²) < 4.78 is 14.9. The molecule has 1 aliphatic rings. The van der Waals surface area contributed by atoms with Gasteiger partial charge in [0.25, 0.3) is 5.56 Å². The van der Waals surface area contributed by atoms with Crippen LogP contribution in [0.1, 0.15) is 60.5 Å². The minimum atomic E-state index is -0.395. The topological polar surface area (TPSA) is 113 Å². The highest BCUT2D eigenvalue weighted by Gasteiger charge is 2.37. The largest absolute Gasteiger partial charge is 0.310 e. The lowest BCUT2D eigenvalue weighted by Gasteiger charge is -2.34. The van der Waals surface area contributed by atoms with Crippen LogP contribution in [0.4, 0.5) is 4.39 Å². The third kappa shape index (κ3) is 3.17. The van der Waals surface area contributed by atoms with Crippen LogP contribution in [0.3, 0.4) is 0 Å². The van der Waals surface area contributed by atoms with Gasteiger partial charge in [-0.2, -0.15) is 10.4 Å². The summed E-state index contributed by atoms with van der Waals surface area (Å²) in [5.41, 5.74) is 0.749. The molecule has 4 aromatic rings. The fourth-order valence-corrected chi connectivity index (χ4v) is 4.11. The maximum atomic E-state index is 13.3. The second-order valence-electron chi connectivity index (χ2n) is 7.68. The fourth-order valence-electron chi connectivity index (χ4n) is 4.11. The van der Waals surface area contributed by atoms with Crippen LogP contribution >= 0.6 is 0 Å². The van der Waals surface area contributed by atoms with Crippen molar-refractivity contribution in [3.63, 3.8) is 0 Å². The minimum absolute atomic E-state index is 0.0146. The molecule has 0 saturated heterocycles. The highest BCUT2D eigenvalue weighted by Crippen LogP contribution is 2.46. The van der Waals surface area contributed by atoms with Crippen LogP contribution in [0.15, 0.2) is 47.5 Å². The normalized spacial score (nSPS) is 19.0. The van der Waals surface area contributed by atoms with Crippen LogP contribution in [-0.2, 0) is 0 Å². The van der Waals surface area contributed by atoms with Gasteiger partial charge < -0.3 is 4.98 Å². The van der Waals surface area contributed by atoms with E-state index in [2.05, 4.69) is 20.1 Å². The number of halogens is 1. The number of nitriles is 1. The van der Waals surface area contributed by atoms with E-state index in [9.17, 15) is 14.4 Å². The standard InChI is InChI=1S/C22H18FN7O/c1-12(13-3-5-14(23)6-4-13)30-21-18(17(11-24)29-30)22(31)28-20(27-21)16-8-7-15(16)19-25-9-2-10-26-19/h2-6,9-10,12,15-16H,7-8H2,1H3,(H,27,28,31)/t12?,15-,16-/m1/s1. The van der Waals surface area contributed by atoms with E-state index in [1.807, 2.05) is 13.0 Å². The van der Waals surface area contributed by atoms with Gasteiger partial charge in [0.2, 0.25) is 0 Å². The molecule has 5 rings (SSSR count). The first-order valence-electron chi connectivity index (χ1n) is 10.0. The molecule has 0 aliphatic heterocycles. The van der Waals surface area contributed by atoms with Crippen molar-refractivity contribution in [2.24, 2.45) is 0 Å². The maximum Gasteiger partial charge on any atom is 0.263 e. The van der Waals surface area contributed by atoms with Gasteiger partial charge in [0.15, 0.2) is 11.3 Å². The molecule has 1 unspecified atom stereocenters. The molecule has 1 aliphatic carbocycles. The van der Waals surface area contributed by atoms with Crippen molar-refractivity contribution in [1.82, 2.24) is 29.7 Å². The van der Waals surface area contributed by atoms with Gasteiger partial charge in [-0.3, -0.25) is 4.79 Å². The van der Waals surface area contributed by atoms with E-state index in [0.29, 0.717) is 11.5 Å². The Morgan fingerprint density at radius 3 is 2.55 bits per heavy atom. The van der Waals surface area contributed by atoms with Gasteiger partial charge in [0, 0.05) is 24.2 Å². The summed E-state index contributed by atoms with van der Waals surface area (Å²) in [5.74, 6) is 0.984. The Labute approximate surface area is 176 Å². The Morgan fingerprint density at radius 1 is 1.19 bits per heavy atom. The number of rotatable bonds is 4. The van der Waals surface area contributed by atoms with E-state index in [4.69, 9.17) is 4.98 Å². The molecule has 1 N–H and O–H groups in total. The number of aromatic amines is 1. The molecule has 154 valence electrons. The highest BCUT2D eigenvalue weighted by molar-refractivity contribution is 5.80. The number of hydrogen-bond acceptors (Lipinski definition) is 6. The quantitative estimate of drug-likeness (QED) is 0.548. The number of nitrogens with one attached hydrogen (secondary N) is 1. The summed E-state index contributed by atoms with van der Waals surface area (Å²) in [7, 11) is 0. The number of H-pyrrole nitrogens is 1. The Kier molecular flexibility index (Phi) is 4.55. The van der Waals surface area contributed by atoms with Gasteiger partial charge in [-0.1, -0.05) is 12.1 Å². The summed E-state index contributed by atoms with van der Waals surface area (Å²) in [6.45, 7) is 1.87. The monoisotopic (exact) mass is 415 g/mol. The van der Waals surface area contributed by atoms with Crippen molar-refractivity contribution in [2.45, 2.75) is 37.6 Å². The molecular formula is C22H18FN7O. The van der Waals surface area contributed by atoms with Gasteiger partial charge in [0.05, 0.1) is 6.04 Å². The lowest BCUT2D eigenvalue weighted by Crippen LogP contribution is -2.28. The van der Waals surface area contributed by atoms with Gasteiger partial charge >= 0.3 is 0 Å². The molecular weight excluding hydrogens is 397 g/mol. The Morgan fingerprint density at radius 2 is 1.90 bits per heavy atom. The molecule has 8 nitrogen and oxygen atoms in total. The summed E-state index contributed by atoms with van der Waals surface area (Å²) in [6.07, 6.45) is 5.17. The molecule has 0 radical (unpaired) electrons. The van der Waals surface area contributed by atoms with Crippen LogP contribution in [0.5, 0.6) is 0 Å². The number of benzene rings is 1. The molecule has 0 spiro atoms. The first-order valence-corrected chi connectivity index (χ1v) is 10.0. The van der Waals surface area contributed by atoms with Gasteiger partial charge in [0.1, 0.15) is 28.9 Å². The van der Waals surface area contributed by atoms with Crippen molar-refractivity contribution in [3.05, 3.63) is 81.8 Å². The van der Waals surface area contributed by atoms with Crippen molar-refractivity contribution < 1.29 is 4.39 Å². The smallest absolute Gasteiger partial charge is 0.263 e. The number of aromatic nitrogens is 6. The van der Waals surface area contributed by atoms with E-state index in [1.54, 1.807) is 35.3 Å². The number of nitrogens with zero attached hydrogens (tertiary/aromatic N) is 6. The van der Waals surface area contributed by atoms with Crippen LogP contribution in [-0.4, -0.2) is 29.7 Å². The van der Waals surface area contributed by atoms with Crippen molar-refractivity contribution >= 4 is 11.0 Å². The molecule has 1 fully saturated rings. The molecule has 1 saturated carbocycles. The van der Waals surface area contributed by atoms with Gasteiger partial charge in [-0.15, -0.1) is 0 Å². The average Bonchev–Trinajstić information content (AvgIpc) is 3.13. The Hall–Kier alpha value is -3.93. The second-order valence-corrected chi connectivity index (χ2v) is 7.68. The predicted octanol–water partition coefficient (Wildman–Crippen LogP) is 3.19. The van der Waals surface area contributed by atoms with Crippen LogP contribution in [0.25, 0.3) is 11.0 Å². The molecule has 0 amide bonds. The van der Waals surface area contributed by atoms with Crippen LogP contribution < -0.4 is 5.56 Å². The van der Waals surface area contributed by atoms with E-state index in [1.165, 1.54) is 12.1 Å². The first-order chi connectivity index (χ1) is 15.1. The fraction of sp³-hybridized carbons (Fsp3) is 0.273. The summed E-state index contributed by atoms with van der Waals surface area (Å²) in [4.78, 5) is 29.2. The van der Waals surface area contributed by atoms with Gasteiger partial charge in [-0.25, -0.2) is 24.0 Å². The predicted molar refractivity (Wildman–Crippen MR) is 110 cm³/mol. The molecule has 9 heteroatoms. The molecule has 0 bridgehead atoms. The zero-order valence-corrected chi connectivity index (χ0v) is 16.7. The average molecular weight is 415 g/mol. The zero-order valence-electron chi connectivity index (χ0n) is 16.7. The van der Waals surface area contributed by atoms with Crippen LogP contribution in [0, 0.1) is 17.1 Å². The number of hydrogen-bond donors (Lipinski definition) is 1. The van der Waals surface area contributed by atoms with E-state index >= 15 is 0 Å². The highest BCUT2D eigenvalue weighted by atomic mass is 19.1. The van der Waals surface area contributed by atoms with Gasteiger partial charge in [-0.05, 0) is 43.5 Å². The lowest BCUT2D eigenvalue weighted by molar-refractivity contribution is 0.319. The Balaban J connectivity index is 1.61. The maximum absolute atomic E-state index is 13.3.